The second-order valence-corrected chi connectivity index (χ2v) is 3.89. The maximum atomic E-state index is 13.6. The molecule has 0 aliphatic heterocycles. The minimum absolute atomic E-state index is 0.0674. The van der Waals surface area contributed by atoms with Gasteiger partial charge in [0, 0.05) is 11.1 Å². The van der Waals surface area contributed by atoms with Crippen LogP contribution >= 0.6 is 0 Å². The summed E-state index contributed by atoms with van der Waals surface area (Å²) in [7, 11) is 0. The summed E-state index contributed by atoms with van der Waals surface area (Å²) in [6.07, 6.45) is 0.740. The van der Waals surface area contributed by atoms with Crippen molar-refractivity contribution in [1.29, 1.82) is 5.26 Å². The first-order valence-electron chi connectivity index (χ1n) is 5.59. The first-order chi connectivity index (χ1) is 9.22. The Labute approximate surface area is 109 Å². The summed E-state index contributed by atoms with van der Waals surface area (Å²) in [6.45, 7) is 0.0674. The molecule has 0 spiro atoms. The van der Waals surface area contributed by atoms with E-state index >= 15 is 0 Å². The molecule has 0 aromatic heterocycles. The highest BCUT2D eigenvalue weighted by Crippen LogP contribution is 2.16. The van der Waals surface area contributed by atoms with Crippen LogP contribution < -0.4 is 4.74 Å². The molecule has 0 N–H and O–H groups in total. The van der Waals surface area contributed by atoms with E-state index in [0.717, 1.165) is 6.29 Å². The van der Waals surface area contributed by atoms with Gasteiger partial charge in [-0.2, -0.15) is 5.26 Å². The van der Waals surface area contributed by atoms with Crippen LogP contribution in [0.15, 0.2) is 42.5 Å². The van der Waals surface area contributed by atoms with Crippen molar-refractivity contribution in [3.05, 3.63) is 65.0 Å². The average Bonchev–Trinajstić information content (AvgIpc) is 2.46. The van der Waals surface area contributed by atoms with Gasteiger partial charge >= 0.3 is 0 Å². The third-order valence-electron chi connectivity index (χ3n) is 2.59. The molecular weight excluding hydrogens is 245 g/mol. The highest BCUT2D eigenvalue weighted by Gasteiger charge is 2.04. The topological polar surface area (TPSA) is 50.1 Å². The van der Waals surface area contributed by atoms with E-state index in [9.17, 15) is 9.18 Å². The van der Waals surface area contributed by atoms with E-state index < -0.39 is 5.82 Å². The zero-order chi connectivity index (χ0) is 13.7. The van der Waals surface area contributed by atoms with Gasteiger partial charge in [0.25, 0.3) is 0 Å². The molecule has 0 radical (unpaired) electrons. The molecule has 0 saturated heterocycles. The van der Waals surface area contributed by atoms with E-state index in [1.165, 1.54) is 18.2 Å². The maximum Gasteiger partial charge on any atom is 0.150 e. The Kier molecular flexibility index (Phi) is 3.89. The van der Waals surface area contributed by atoms with Crippen LogP contribution in [0.25, 0.3) is 0 Å². The van der Waals surface area contributed by atoms with Gasteiger partial charge in [-0.15, -0.1) is 0 Å². The zero-order valence-electron chi connectivity index (χ0n) is 9.97. The van der Waals surface area contributed by atoms with Crippen molar-refractivity contribution in [3.63, 3.8) is 0 Å². The van der Waals surface area contributed by atoms with Crippen LogP contribution in [-0.4, -0.2) is 6.29 Å². The molecule has 19 heavy (non-hydrogen) atoms. The number of hydrogen-bond donors (Lipinski definition) is 0. The van der Waals surface area contributed by atoms with E-state index in [4.69, 9.17) is 10.00 Å². The smallest absolute Gasteiger partial charge is 0.150 e. The maximum absolute atomic E-state index is 13.6. The van der Waals surface area contributed by atoms with Gasteiger partial charge in [-0.05, 0) is 36.4 Å². The van der Waals surface area contributed by atoms with Gasteiger partial charge in [-0.1, -0.05) is 6.07 Å². The van der Waals surface area contributed by atoms with E-state index in [0.29, 0.717) is 16.9 Å². The molecule has 0 atom stereocenters. The SMILES string of the molecule is N#Cc1ccc(COc2ccc(C=O)cc2)c(F)c1. The predicted molar refractivity (Wildman–Crippen MR) is 67.3 cm³/mol. The summed E-state index contributed by atoms with van der Waals surface area (Å²) in [6, 6.07) is 12.6. The van der Waals surface area contributed by atoms with Crippen molar-refractivity contribution in [2.24, 2.45) is 0 Å². The summed E-state index contributed by atoms with van der Waals surface area (Å²) in [5.74, 6) is 0.0814. The van der Waals surface area contributed by atoms with Gasteiger partial charge in [0.2, 0.25) is 0 Å². The Balaban J connectivity index is 2.05. The number of rotatable bonds is 4. The number of carbonyl (C=O) groups excluding carboxylic acids is 1. The number of nitriles is 1. The molecule has 94 valence electrons. The lowest BCUT2D eigenvalue weighted by molar-refractivity contribution is 0.112. The van der Waals surface area contributed by atoms with E-state index in [1.807, 2.05) is 6.07 Å². The standard InChI is InChI=1S/C15H10FNO2/c16-15-7-12(8-17)1-4-13(15)10-19-14-5-2-11(9-18)3-6-14/h1-7,9H,10H2. The van der Waals surface area contributed by atoms with Gasteiger partial charge in [0.1, 0.15) is 24.5 Å². The van der Waals surface area contributed by atoms with Crippen molar-refractivity contribution in [2.75, 3.05) is 0 Å². The van der Waals surface area contributed by atoms with E-state index in [2.05, 4.69) is 0 Å². The summed E-state index contributed by atoms with van der Waals surface area (Å²) >= 11 is 0. The molecule has 4 heteroatoms. The number of aldehydes is 1. The molecule has 0 aliphatic rings. The molecule has 0 bridgehead atoms. The van der Waals surface area contributed by atoms with Crippen LogP contribution in [0.5, 0.6) is 5.75 Å². The van der Waals surface area contributed by atoms with Crippen LogP contribution in [0.4, 0.5) is 4.39 Å². The predicted octanol–water partition coefficient (Wildman–Crippen LogP) is 3.09. The van der Waals surface area contributed by atoms with Crippen molar-refractivity contribution in [2.45, 2.75) is 6.61 Å². The first kappa shape index (κ1) is 12.8. The number of hydrogen-bond acceptors (Lipinski definition) is 3. The number of carbonyl (C=O) groups is 1. The Morgan fingerprint density at radius 2 is 1.95 bits per heavy atom. The van der Waals surface area contributed by atoms with E-state index in [-0.39, 0.29) is 12.2 Å². The Hall–Kier alpha value is -2.67. The second kappa shape index (κ2) is 5.78. The fourth-order valence-electron chi connectivity index (χ4n) is 1.54. The lowest BCUT2D eigenvalue weighted by Gasteiger charge is -2.07. The van der Waals surface area contributed by atoms with Gasteiger partial charge in [-0.3, -0.25) is 4.79 Å². The number of ether oxygens (including phenoxy) is 1. The first-order valence-corrected chi connectivity index (χ1v) is 5.59. The Morgan fingerprint density at radius 3 is 2.53 bits per heavy atom. The summed E-state index contributed by atoms with van der Waals surface area (Å²) < 4.78 is 19.0. The van der Waals surface area contributed by atoms with Gasteiger partial charge in [-0.25, -0.2) is 4.39 Å². The fourth-order valence-corrected chi connectivity index (χ4v) is 1.54. The molecule has 0 fully saturated rings. The Bertz CT molecular complexity index is 630. The zero-order valence-corrected chi connectivity index (χ0v) is 9.97. The van der Waals surface area contributed by atoms with Crippen LogP contribution in [0.2, 0.25) is 0 Å². The number of halogens is 1. The third kappa shape index (κ3) is 3.17. The van der Waals surface area contributed by atoms with Gasteiger partial charge in [0.05, 0.1) is 11.6 Å². The van der Waals surface area contributed by atoms with Gasteiger partial charge < -0.3 is 4.74 Å². The molecule has 0 saturated carbocycles. The highest BCUT2D eigenvalue weighted by atomic mass is 19.1. The summed E-state index contributed by atoms with van der Waals surface area (Å²) in [5, 5.41) is 8.63. The number of nitrogens with zero attached hydrogens (tertiary/aromatic N) is 1. The molecule has 0 amide bonds. The molecule has 3 nitrogen and oxygen atoms in total. The molecule has 0 unspecified atom stereocenters. The molecule has 2 aromatic rings. The van der Waals surface area contributed by atoms with Crippen molar-refractivity contribution < 1.29 is 13.9 Å². The molecular formula is C15H10FNO2. The third-order valence-corrected chi connectivity index (χ3v) is 2.59. The quantitative estimate of drug-likeness (QED) is 0.789. The van der Waals surface area contributed by atoms with Crippen molar-refractivity contribution >= 4 is 6.29 Å². The fraction of sp³-hybridized carbons (Fsp3) is 0.0667. The van der Waals surface area contributed by atoms with Crippen LogP contribution in [0.3, 0.4) is 0 Å². The van der Waals surface area contributed by atoms with Crippen LogP contribution in [-0.2, 0) is 6.61 Å². The molecule has 2 rings (SSSR count). The van der Waals surface area contributed by atoms with Crippen LogP contribution in [0.1, 0.15) is 21.5 Å². The van der Waals surface area contributed by atoms with Gasteiger partial charge in [0.15, 0.2) is 0 Å². The highest BCUT2D eigenvalue weighted by molar-refractivity contribution is 5.74. The largest absolute Gasteiger partial charge is 0.489 e. The van der Waals surface area contributed by atoms with Crippen LogP contribution in [0, 0.1) is 17.1 Å². The summed E-state index contributed by atoms with van der Waals surface area (Å²) in [4.78, 5) is 10.5. The molecule has 2 aromatic carbocycles. The van der Waals surface area contributed by atoms with Crippen molar-refractivity contribution in [3.8, 4) is 11.8 Å². The summed E-state index contributed by atoms with van der Waals surface area (Å²) in [5.41, 5.74) is 1.20. The lowest BCUT2D eigenvalue weighted by atomic mass is 10.1. The average molecular weight is 255 g/mol. The normalized spacial score (nSPS) is 9.68. The van der Waals surface area contributed by atoms with Crippen molar-refractivity contribution in [1.82, 2.24) is 0 Å². The minimum atomic E-state index is -0.469. The lowest BCUT2D eigenvalue weighted by Crippen LogP contribution is -1.99. The molecule has 0 aliphatic carbocycles. The van der Waals surface area contributed by atoms with E-state index in [1.54, 1.807) is 24.3 Å². The molecule has 0 heterocycles. The monoisotopic (exact) mass is 255 g/mol. The second-order valence-electron chi connectivity index (χ2n) is 3.89. The number of benzene rings is 2. The minimum Gasteiger partial charge on any atom is -0.489 e. The Morgan fingerprint density at radius 1 is 1.21 bits per heavy atom.